The van der Waals surface area contributed by atoms with Gasteiger partial charge >= 0.3 is 5.63 Å². The van der Waals surface area contributed by atoms with Crippen LogP contribution in [0.25, 0.3) is 32.7 Å². The van der Waals surface area contributed by atoms with Crippen LogP contribution in [0.4, 0.5) is 0 Å². The lowest BCUT2D eigenvalue weighted by Gasteiger charge is -2.05. The number of hydrogen-bond donors (Lipinski definition) is 0. The maximum atomic E-state index is 12.2. The van der Waals surface area contributed by atoms with Crippen LogP contribution in [0.3, 0.4) is 0 Å². The van der Waals surface area contributed by atoms with Gasteiger partial charge in [-0.25, -0.2) is 4.79 Å². The topological polar surface area (TPSA) is 43.4 Å². The number of benzene rings is 2. The molecular formula is C17H12O3. The Kier molecular flexibility index (Phi) is 2.11. The highest BCUT2D eigenvalue weighted by Crippen LogP contribution is 2.32. The summed E-state index contributed by atoms with van der Waals surface area (Å²) >= 11 is 0. The van der Waals surface area contributed by atoms with Crippen molar-refractivity contribution in [3.63, 3.8) is 0 Å². The van der Waals surface area contributed by atoms with Crippen LogP contribution in [0.1, 0.15) is 11.1 Å². The van der Waals surface area contributed by atoms with Crippen molar-refractivity contribution in [2.24, 2.45) is 0 Å². The molecule has 0 aliphatic heterocycles. The Morgan fingerprint density at radius 2 is 1.65 bits per heavy atom. The van der Waals surface area contributed by atoms with Crippen molar-refractivity contribution < 1.29 is 8.83 Å². The fourth-order valence-corrected chi connectivity index (χ4v) is 2.82. The van der Waals surface area contributed by atoms with Crippen LogP contribution in [0.5, 0.6) is 0 Å². The summed E-state index contributed by atoms with van der Waals surface area (Å²) < 4.78 is 11.1. The van der Waals surface area contributed by atoms with E-state index >= 15 is 0 Å². The third kappa shape index (κ3) is 1.32. The summed E-state index contributed by atoms with van der Waals surface area (Å²) in [6.07, 6.45) is 1.60. The highest BCUT2D eigenvalue weighted by Gasteiger charge is 2.15. The van der Waals surface area contributed by atoms with Gasteiger partial charge in [0.15, 0.2) is 5.58 Å². The molecule has 0 N–H and O–H groups in total. The van der Waals surface area contributed by atoms with Gasteiger partial charge in [-0.2, -0.15) is 0 Å². The van der Waals surface area contributed by atoms with Crippen molar-refractivity contribution in [1.29, 1.82) is 0 Å². The van der Waals surface area contributed by atoms with Crippen molar-refractivity contribution in [2.45, 2.75) is 13.8 Å². The minimum absolute atomic E-state index is 0.340. The molecule has 0 aliphatic rings. The Labute approximate surface area is 114 Å². The van der Waals surface area contributed by atoms with Crippen molar-refractivity contribution in [1.82, 2.24) is 0 Å². The molecule has 4 aromatic rings. The maximum Gasteiger partial charge on any atom is 0.347 e. The first-order valence-electron chi connectivity index (χ1n) is 6.50. The number of rotatable bonds is 0. The molecule has 0 atom stereocenters. The molecule has 2 heterocycles. The van der Waals surface area contributed by atoms with Gasteiger partial charge in [-0.15, -0.1) is 0 Å². The molecule has 0 amide bonds. The van der Waals surface area contributed by atoms with E-state index in [4.69, 9.17) is 8.83 Å². The van der Waals surface area contributed by atoms with Crippen LogP contribution < -0.4 is 5.63 Å². The zero-order valence-corrected chi connectivity index (χ0v) is 11.2. The van der Waals surface area contributed by atoms with Crippen molar-refractivity contribution in [2.75, 3.05) is 0 Å². The molecule has 3 nitrogen and oxygen atoms in total. The average molecular weight is 264 g/mol. The summed E-state index contributed by atoms with van der Waals surface area (Å²) in [5.74, 6) is 0. The third-order valence-corrected chi connectivity index (χ3v) is 3.85. The van der Waals surface area contributed by atoms with Crippen LogP contribution in [-0.2, 0) is 0 Å². The second kappa shape index (κ2) is 3.73. The summed E-state index contributed by atoms with van der Waals surface area (Å²) in [6.45, 7) is 3.89. The van der Waals surface area contributed by atoms with Gasteiger partial charge in [-0.05, 0) is 30.9 Å². The second-order valence-electron chi connectivity index (χ2n) is 5.12. The van der Waals surface area contributed by atoms with Gasteiger partial charge in [0.2, 0.25) is 0 Å². The van der Waals surface area contributed by atoms with E-state index in [-0.39, 0.29) is 5.63 Å². The number of hydrogen-bond acceptors (Lipinski definition) is 3. The molecule has 0 spiro atoms. The van der Waals surface area contributed by atoms with Gasteiger partial charge < -0.3 is 8.83 Å². The van der Waals surface area contributed by atoms with Crippen LogP contribution >= 0.6 is 0 Å². The molecule has 4 rings (SSSR count). The van der Waals surface area contributed by atoms with E-state index < -0.39 is 0 Å². The predicted molar refractivity (Wildman–Crippen MR) is 79.2 cm³/mol. The monoisotopic (exact) mass is 264 g/mol. The normalized spacial score (nSPS) is 11.7. The Morgan fingerprint density at radius 1 is 0.850 bits per heavy atom. The molecule has 20 heavy (non-hydrogen) atoms. The first-order chi connectivity index (χ1) is 9.66. The second-order valence-corrected chi connectivity index (χ2v) is 5.12. The molecule has 2 aromatic heterocycles. The lowest BCUT2D eigenvalue weighted by Crippen LogP contribution is -1.99. The fourth-order valence-electron chi connectivity index (χ4n) is 2.82. The first kappa shape index (κ1) is 11.3. The van der Waals surface area contributed by atoms with E-state index in [2.05, 4.69) is 0 Å². The van der Waals surface area contributed by atoms with E-state index in [0.29, 0.717) is 16.6 Å². The fraction of sp³-hybridized carbons (Fsp3) is 0.118. The first-order valence-corrected chi connectivity index (χ1v) is 6.50. The van der Waals surface area contributed by atoms with E-state index in [0.717, 1.165) is 27.3 Å². The average Bonchev–Trinajstić information content (AvgIpc) is 2.82. The lowest BCUT2D eigenvalue weighted by atomic mass is 10.0. The Bertz CT molecular complexity index is 1030. The SMILES string of the molecule is Cc1cccc2c1ccc1c3occ(C)c3c(=O)oc21. The maximum absolute atomic E-state index is 12.2. The summed E-state index contributed by atoms with van der Waals surface area (Å²) in [5.41, 5.74) is 2.82. The Hall–Kier alpha value is -2.55. The molecule has 0 aliphatic carbocycles. The molecular weight excluding hydrogens is 252 g/mol. The van der Waals surface area contributed by atoms with Crippen molar-refractivity contribution in [3.8, 4) is 0 Å². The van der Waals surface area contributed by atoms with E-state index in [9.17, 15) is 4.79 Å². The van der Waals surface area contributed by atoms with Gasteiger partial charge in [-0.3, -0.25) is 0 Å². The molecule has 0 fully saturated rings. The number of aryl methyl sites for hydroxylation is 2. The zero-order valence-electron chi connectivity index (χ0n) is 11.2. The standard InChI is InChI=1S/C17H12O3/c1-9-4-3-5-12-11(9)6-7-13-15(12)20-17(18)14-10(2)8-19-16(13)14/h3-8H,1-2H3. The van der Waals surface area contributed by atoms with Gasteiger partial charge in [0.1, 0.15) is 11.0 Å². The van der Waals surface area contributed by atoms with Gasteiger partial charge in [0.05, 0.1) is 11.6 Å². The number of furan rings is 1. The molecule has 0 saturated heterocycles. The third-order valence-electron chi connectivity index (χ3n) is 3.85. The van der Waals surface area contributed by atoms with E-state index in [1.54, 1.807) is 6.26 Å². The Balaban J connectivity index is 2.36. The largest absolute Gasteiger partial charge is 0.463 e. The van der Waals surface area contributed by atoms with Crippen LogP contribution in [0, 0.1) is 13.8 Å². The molecule has 0 unspecified atom stereocenters. The predicted octanol–water partition coefficient (Wildman–Crippen LogP) is 4.31. The zero-order chi connectivity index (χ0) is 13.9. The van der Waals surface area contributed by atoms with Crippen LogP contribution in [-0.4, -0.2) is 0 Å². The molecule has 2 aromatic carbocycles. The smallest absolute Gasteiger partial charge is 0.347 e. The van der Waals surface area contributed by atoms with Crippen molar-refractivity contribution in [3.05, 3.63) is 58.1 Å². The molecule has 0 radical (unpaired) electrons. The molecule has 0 saturated carbocycles. The molecule has 3 heteroatoms. The minimum atomic E-state index is -0.340. The summed E-state index contributed by atoms with van der Waals surface area (Å²) in [6, 6.07) is 9.98. The van der Waals surface area contributed by atoms with Gasteiger partial charge in [-0.1, -0.05) is 24.3 Å². The minimum Gasteiger partial charge on any atom is -0.463 e. The van der Waals surface area contributed by atoms with E-state index in [1.807, 2.05) is 44.2 Å². The van der Waals surface area contributed by atoms with Crippen molar-refractivity contribution >= 4 is 32.7 Å². The van der Waals surface area contributed by atoms with Crippen LogP contribution in [0.15, 0.2) is 50.2 Å². The summed E-state index contributed by atoms with van der Waals surface area (Å²) in [4.78, 5) is 12.2. The van der Waals surface area contributed by atoms with E-state index in [1.165, 1.54) is 0 Å². The molecule has 0 bridgehead atoms. The number of fused-ring (bicyclic) bond motifs is 5. The lowest BCUT2D eigenvalue weighted by molar-refractivity contribution is 0.567. The summed E-state index contributed by atoms with van der Waals surface area (Å²) in [7, 11) is 0. The molecule has 98 valence electrons. The Morgan fingerprint density at radius 3 is 2.50 bits per heavy atom. The summed E-state index contributed by atoms with van der Waals surface area (Å²) in [5, 5.41) is 3.40. The van der Waals surface area contributed by atoms with Crippen LogP contribution in [0.2, 0.25) is 0 Å². The quantitative estimate of drug-likeness (QED) is 0.351. The van der Waals surface area contributed by atoms with Gasteiger partial charge in [0, 0.05) is 10.9 Å². The van der Waals surface area contributed by atoms with Gasteiger partial charge in [0.25, 0.3) is 0 Å². The highest BCUT2D eigenvalue weighted by molar-refractivity contribution is 6.12. The highest BCUT2D eigenvalue weighted by atomic mass is 16.4.